The lowest BCUT2D eigenvalue weighted by Gasteiger charge is -2.24. The number of nitrogens with zero attached hydrogens (tertiary/aromatic N) is 3. The first-order valence-electron chi connectivity index (χ1n) is 9.04. The summed E-state index contributed by atoms with van der Waals surface area (Å²) < 4.78 is 0. The lowest BCUT2D eigenvalue weighted by atomic mass is 9.95. The van der Waals surface area contributed by atoms with E-state index in [-0.39, 0.29) is 0 Å². The molecular weight excluding hydrogens is 310 g/mol. The highest BCUT2D eigenvalue weighted by Gasteiger charge is 2.16. The van der Waals surface area contributed by atoms with Crippen molar-refractivity contribution in [3.8, 4) is 0 Å². The van der Waals surface area contributed by atoms with Gasteiger partial charge in [0.05, 0.1) is 5.52 Å². The fourth-order valence-corrected chi connectivity index (χ4v) is 3.39. The largest absolute Gasteiger partial charge is 0.367 e. The predicted octanol–water partition coefficient (Wildman–Crippen LogP) is 4.38. The molecule has 0 saturated heterocycles. The minimum atomic E-state index is 0.512. The van der Waals surface area contributed by atoms with E-state index in [4.69, 9.17) is 4.98 Å². The first-order valence-corrected chi connectivity index (χ1v) is 9.04. The molecule has 0 radical (unpaired) electrons. The summed E-state index contributed by atoms with van der Waals surface area (Å²) in [6, 6.07) is 12.7. The third kappa shape index (κ3) is 3.87. The number of nitrogens with one attached hydrogen (secondary N) is 2. The van der Waals surface area contributed by atoms with Crippen LogP contribution in [0.4, 0.5) is 11.8 Å². The average Bonchev–Trinajstić information content (AvgIpc) is 2.68. The predicted molar refractivity (Wildman–Crippen MR) is 102 cm³/mol. The maximum atomic E-state index is 4.76. The van der Waals surface area contributed by atoms with Gasteiger partial charge in [-0.1, -0.05) is 37.5 Å². The first-order chi connectivity index (χ1) is 12.4. The van der Waals surface area contributed by atoms with Gasteiger partial charge in [-0.2, -0.15) is 4.98 Å². The lowest BCUT2D eigenvalue weighted by Crippen LogP contribution is -2.23. The van der Waals surface area contributed by atoms with Gasteiger partial charge < -0.3 is 10.6 Å². The minimum absolute atomic E-state index is 0.512. The van der Waals surface area contributed by atoms with Crippen molar-refractivity contribution in [1.29, 1.82) is 0 Å². The molecule has 1 aliphatic carbocycles. The van der Waals surface area contributed by atoms with Crippen molar-refractivity contribution >= 4 is 22.7 Å². The SMILES string of the molecule is c1cncc(CNc2nc(NC3CCCCC3)c3ccccc3n2)c1. The first kappa shape index (κ1) is 15.8. The van der Waals surface area contributed by atoms with E-state index in [9.17, 15) is 0 Å². The molecule has 2 aromatic heterocycles. The zero-order valence-corrected chi connectivity index (χ0v) is 14.3. The maximum Gasteiger partial charge on any atom is 0.225 e. The summed E-state index contributed by atoms with van der Waals surface area (Å²) in [4.78, 5) is 13.6. The normalized spacial score (nSPS) is 15.2. The van der Waals surface area contributed by atoms with E-state index < -0.39 is 0 Å². The molecule has 0 spiro atoms. The van der Waals surface area contributed by atoms with E-state index >= 15 is 0 Å². The van der Waals surface area contributed by atoms with E-state index in [1.807, 2.05) is 36.5 Å². The van der Waals surface area contributed by atoms with Gasteiger partial charge in [0.15, 0.2) is 0 Å². The molecule has 128 valence electrons. The molecule has 0 atom stereocenters. The summed E-state index contributed by atoms with van der Waals surface area (Å²) in [5.41, 5.74) is 2.07. The van der Waals surface area contributed by atoms with Crippen molar-refractivity contribution in [2.24, 2.45) is 0 Å². The Hall–Kier alpha value is -2.69. The fourth-order valence-electron chi connectivity index (χ4n) is 3.39. The van der Waals surface area contributed by atoms with Crippen molar-refractivity contribution in [3.05, 3.63) is 54.4 Å². The Bertz CT molecular complexity index is 828. The van der Waals surface area contributed by atoms with Crippen LogP contribution in [-0.4, -0.2) is 21.0 Å². The number of fused-ring (bicyclic) bond motifs is 1. The van der Waals surface area contributed by atoms with Crippen molar-refractivity contribution in [2.45, 2.75) is 44.7 Å². The maximum absolute atomic E-state index is 4.76. The van der Waals surface area contributed by atoms with Crippen LogP contribution in [-0.2, 0) is 6.54 Å². The zero-order valence-electron chi connectivity index (χ0n) is 14.3. The van der Waals surface area contributed by atoms with Crippen LogP contribution in [0.15, 0.2) is 48.8 Å². The van der Waals surface area contributed by atoms with Gasteiger partial charge in [0.25, 0.3) is 0 Å². The van der Waals surface area contributed by atoms with Crippen molar-refractivity contribution < 1.29 is 0 Å². The van der Waals surface area contributed by atoms with Crippen LogP contribution in [0, 0.1) is 0 Å². The van der Waals surface area contributed by atoms with Crippen LogP contribution >= 0.6 is 0 Å². The molecule has 2 heterocycles. The number of anilines is 2. The molecule has 0 bridgehead atoms. The van der Waals surface area contributed by atoms with Crippen LogP contribution in [0.5, 0.6) is 0 Å². The monoisotopic (exact) mass is 333 g/mol. The van der Waals surface area contributed by atoms with Gasteiger partial charge in [0.2, 0.25) is 5.95 Å². The number of hydrogen-bond donors (Lipinski definition) is 2. The Morgan fingerprint density at radius 2 is 1.84 bits per heavy atom. The molecule has 4 rings (SSSR count). The molecule has 5 nitrogen and oxygen atoms in total. The summed E-state index contributed by atoms with van der Waals surface area (Å²) in [6.45, 7) is 0.662. The highest BCUT2D eigenvalue weighted by Crippen LogP contribution is 2.26. The molecule has 3 aromatic rings. The van der Waals surface area contributed by atoms with Gasteiger partial charge in [0.1, 0.15) is 5.82 Å². The Morgan fingerprint density at radius 1 is 0.960 bits per heavy atom. The number of hydrogen-bond acceptors (Lipinski definition) is 5. The Balaban J connectivity index is 1.58. The second-order valence-electron chi connectivity index (χ2n) is 6.61. The highest BCUT2D eigenvalue weighted by atomic mass is 15.1. The number of pyridine rings is 1. The standard InChI is InChI=1S/C20H23N5/c1-2-8-16(9-3-1)23-19-17-10-4-5-11-18(17)24-20(25-19)22-14-15-7-6-12-21-13-15/h4-7,10-13,16H,1-3,8-9,14H2,(H2,22,23,24,25). The molecule has 25 heavy (non-hydrogen) atoms. The molecule has 1 fully saturated rings. The lowest BCUT2D eigenvalue weighted by molar-refractivity contribution is 0.462. The molecular formula is C20H23N5. The molecule has 0 amide bonds. The average molecular weight is 333 g/mol. The quantitative estimate of drug-likeness (QED) is 0.725. The van der Waals surface area contributed by atoms with Crippen LogP contribution in [0.2, 0.25) is 0 Å². The van der Waals surface area contributed by atoms with Gasteiger partial charge in [0, 0.05) is 30.4 Å². The van der Waals surface area contributed by atoms with Gasteiger partial charge in [-0.15, -0.1) is 0 Å². The molecule has 0 aliphatic heterocycles. The van der Waals surface area contributed by atoms with Gasteiger partial charge in [-0.05, 0) is 36.6 Å². The van der Waals surface area contributed by atoms with E-state index in [1.54, 1.807) is 6.20 Å². The zero-order chi connectivity index (χ0) is 16.9. The van der Waals surface area contributed by atoms with Crippen molar-refractivity contribution in [3.63, 3.8) is 0 Å². The topological polar surface area (TPSA) is 62.7 Å². The number of benzene rings is 1. The third-order valence-electron chi connectivity index (χ3n) is 4.72. The molecule has 0 unspecified atom stereocenters. The van der Waals surface area contributed by atoms with E-state index in [1.165, 1.54) is 32.1 Å². The molecule has 1 aromatic carbocycles. The Labute approximate surface area is 147 Å². The minimum Gasteiger partial charge on any atom is -0.367 e. The van der Waals surface area contributed by atoms with Crippen LogP contribution in [0.3, 0.4) is 0 Å². The number of para-hydroxylation sites is 1. The second kappa shape index (κ2) is 7.47. The van der Waals surface area contributed by atoms with Crippen LogP contribution in [0.1, 0.15) is 37.7 Å². The summed E-state index contributed by atoms with van der Waals surface area (Å²) in [6.07, 6.45) is 10.0. The van der Waals surface area contributed by atoms with E-state index in [0.717, 1.165) is 22.3 Å². The van der Waals surface area contributed by atoms with Crippen LogP contribution in [0.25, 0.3) is 10.9 Å². The number of rotatable bonds is 5. The van der Waals surface area contributed by atoms with E-state index in [0.29, 0.717) is 18.5 Å². The third-order valence-corrected chi connectivity index (χ3v) is 4.72. The van der Waals surface area contributed by atoms with Crippen molar-refractivity contribution in [1.82, 2.24) is 15.0 Å². The fraction of sp³-hybridized carbons (Fsp3) is 0.350. The smallest absolute Gasteiger partial charge is 0.225 e. The number of aromatic nitrogens is 3. The van der Waals surface area contributed by atoms with Gasteiger partial charge in [-0.25, -0.2) is 4.98 Å². The molecule has 1 aliphatic rings. The molecule has 1 saturated carbocycles. The van der Waals surface area contributed by atoms with Crippen LogP contribution < -0.4 is 10.6 Å². The molecule has 2 N–H and O–H groups in total. The highest BCUT2D eigenvalue weighted by molar-refractivity contribution is 5.90. The van der Waals surface area contributed by atoms with Gasteiger partial charge >= 0.3 is 0 Å². The van der Waals surface area contributed by atoms with E-state index in [2.05, 4.69) is 26.7 Å². The van der Waals surface area contributed by atoms with Crippen molar-refractivity contribution in [2.75, 3.05) is 10.6 Å². The Morgan fingerprint density at radius 3 is 2.68 bits per heavy atom. The Kier molecular flexibility index (Phi) is 4.72. The summed E-state index contributed by atoms with van der Waals surface area (Å²) >= 11 is 0. The molecule has 5 heteroatoms. The summed E-state index contributed by atoms with van der Waals surface area (Å²) in [5.74, 6) is 1.59. The summed E-state index contributed by atoms with van der Waals surface area (Å²) in [5, 5.41) is 8.07. The second-order valence-corrected chi connectivity index (χ2v) is 6.61. The summed E-state index contributed by atoms with van der Waals surface area (Å²) in [7, 11) is 0. The van der Waals surface area contributed by atoms with Gasteiger partial charge in [-0.3, -0.25) is 4.98 Å².